The van der Waals surface area contributed by atoms with Crippen LogP contribution in [0.15, 0.2) is 88.9 Å². The molecule has 0 N–H and O–H groups in total. The summed E-state index contributed by atoms with van der Waals surface area (Å²) in [5.74, 6) is 3.63. The van der Waals surface area contributed by atoms with Gasteiger partial charge in [-0.05, 0) is 77.3 Å². The molecule has 0 saturated carbocycles. The molecule has 2 aliphatic rings. The van der Waals surface area contributed by atoms with Crippen molar-refractivity contribution in [2.75, 3.05) is 26.4 Å². The van der Waals surface area contributed by atoms with Crippen LogP contribution in [0.1, 0.15) is 97.9 Å². The maximum atomic E-state index is 14.7. The largest absolute Gasteiger partial charge is 0.493 e. The minimum atomic E-state index is -1.54. The Labute approximate surface area is 311 Å². The lowest BCUT2D eigenvalue weighted by Crippen LogP contribution is -2.09. The second-order valence-corrected chi connectivity index (χ2v) is 15.0. The molecule has 0 aliphatic heterocycles. The second-order valence-electron chi connectivity index (χ2n) is 13.6. The lowest BCUT2D eigenvalue weighted by Gasteiger charge is -2.22. The summed E-state index contributed by atoms with van der Waals surface area (Å²) in [4.78, 5) is 5.30. The molecule has 8 bridgehead atoms. The lowest BCUT2D eigenvalue weighted by molar-refractivity contribution is 0.305. The molecule has 0 saturated heterocycles. The van der Waals surface area contributed by atoms with E-state index in [9.17, 15) is 4.21 Å². The van der Waals surface area contributed by atoms with Crippen LogP contribution in [0.5, 0.6) is 23.0 Å². The monoisotopic (exact) mass is 715 g/mol. The van der Waals surface area contributed by atoms with Crippen LogP contribution in [0.2, 0.25) is 0 Å². The van der Waals surface area contributed by atoms with Crippen LogP contribution >= 0.6 is 0 Å². The summed E-state index contributed by atoms with van der Waals surface area (Å²) >= 11 is 0. The predicted molar refractivity (Wildman–Crippen MR) is 208 cm³/mol. The van der Waals surface area contributed by atoms with Gasteiger partial charge in [0.1, 0.15) is 38.8 Å². The van der Waals surface area contributed by atoms with Gasteiger partial charge >= 0.3 is 0 Å². The molecule has 7 heteroatoms. The standard InChI is InChI=1S/C45H49NO5S/c1-5-21-48-42-30-13-11-15-32(42)26-34-18-19-36-37(44(34)50-23-7-3)29-38-41(36)39(52(47)40-17-9-10-20-46-40)28-35(45(38)51-24-8-4)27-33-16-12-14-31(25-30)43(33)49-22-6-2/h9-20,28H,5-8,21-27,29H2,1-4H3. The Morgan fingerprint density at radius 2 is 1.04 bits per heavy atom. The minimum absolute atomic E-state index is 0.532. The Hall–Kier alpha value is -4.62. The average Bonchev–Trinajstić information content (AvgIpc) is 3.56. The van der Waals surface area contributed by atoms with Gasteiger partial charge in [0.25, 0.3) is 0 Å². The smallest absolute Gasteiger partial charge is 0.132 e. The molecule has 7 rings (SSSR count). The van der Waals surface area contributed by atoms with E-state index in [1.54, 1.807) is 6.20 Å². The van der Waals surface area contributed by atoms with Crippen LogP contribution in [-0.2, 0) is 36.5 Å². The predicted octanol–water partition coefficient (Wildman–Crippen LogP) is 10.1. The van der Waals surface area contributed by atoms with E-state index in [0.717, 1.165) is 109 Å². The highest BCUT2D eigenvalue weighted by atomic mass is 32.2. The van der Waals surface area contributed by atoms with Crippen molar-refractivity contribution in [1.29, 1.82) is 0 Å². The van der Waals surface area contributed by atoms with Gasteiger partial charge in [0.2, 0.25) is 0 Å². The van der Waals surface area contributed by atoms with Crippen LogP contribution in [0.4, 0.5) is 0 Å². The molecule has 1 atom stereocenters. The molecule has 1 aromatic heterocycles. The molecule has 4 aromatic carbocycles. The fraction of sp³-hybridized carbons (Fsp3) is 0.356. The molecule has 0 fully saturated rings. The van der Waals surface area contributed by atoms with Gasteiger partial charge in [0, 0.05) is 54.1 Å². The summed E-state index contributed by atoms with van der Waals surface area (Å²) in [6.07, 6.45) is 7.80. The van der Waals surface area contributed by atoms with Crippen molar-refractivity contribution < 1.29 is 23.2 Å². The fourth-order valence-electron chi connectivity index (χ4n) is 7.46. The SMILES string of the molecule is CCCOc1c2cccc1Cc1ccc3c(c1OCCC)Cc1c(OCCC)c(cc(S(=O)c4ccccn4)c1-3)Cc1cccc(c1OCCC)C2. The summed E-state index contributed by atoms with van der Waals surface area (Å²) < 4.78 is 41.3. The summed E-state index contributed by atoms with van der Waals surface area (Å²) in [6.45, 7) is 11.0. The van der Waals surface area contributed by atoms with Gasteiger partial charge in [0.05, 0.1) is 31.3 Å². The summed E-state index contributed by atoms with van der Waals surface area (Å²) in [7, 11) is -1.54. The van der Waals surface area contributed by atoms with Crippen molar-refractivity contribution in [3.8, 4) is 34.1 Å². The quantitative estimate of drug-likeness (QED) is 0.112. The van der Waals surface area contributed by atoms with Gasteiger partial charge in [-0.2, -0.15) is 0 Å². The van der Waals surface area contributed by atoms with Crippen LogP contribution in [-0.4, -0.2) is 35.6 Å². The highest BCUT2D eigenvalue weighted by Gasteiger charge is 2.34. The van der Waals surface area contributed by atoms with Crippen molar-refractivity contribution >= 4 is 10.8 Å². The Morgan fingerprint density at radius 1 is 0.538 bits per heavy atom. The first-order chi connectivity index (χ1) is 25.6. The van der Waals surface area contributed by atoms with Gasteiger partial charge in [0.15, 0.2) is 0 Å². The molecule has 2 aliphatic carbocycles. The highest BCUT2D eigenvalue weighted by molar-refractivity contribution is 7.85. The van der Waals surface area contributed by atoms with Gasteiger partial charge in [-0.25, -0.2) is 9.19 Å². The lowest BCUT2D eigenvalue weighted by atomic mass is 9.93. The van der Waals surface area contributed by atoms with E-state index < -0.39 is 10.8 Å². The second kappa shape index (κ2) is 16.4. The van der Waals surface area contributed by atoms with Crippen LogP contribution in [0.25, 0.3) is 11.1 Å². The van der Waals surface area contributed by atoms with Gasteiger partial charge in [-0.15, -0.1) is 0 Å². The summed E-state index contributed by atoms with van der Waals surface area (Å²) in [5.41, 5.74) is 10.8. The van der Waals surface area contributed by atoms with Crippen LogP contribution in [0, 0.1) is 0 Å². The van der Waals surface area contributed by atoms with E-state index in [4.69, 9.17) is 18.9 Å². The molecule has 52 heavy (non-hydrogen) atoms. The number of benzene rings is 4. The van der Waals surface area contributed by atoms with E-state index in [-0.39, 0.29) is 0 Å². The Kier molecular flexibility index (Phi) is 11.3. The Balaban J connectivity index is 1.54. The fourth-order valence-corrected chi connectivity index (χ4v) is 8.71. The van der Waals surface area contributed by atoms with E-state index in [0.29, 0.717) is 57.1 Å². The third-order valence-corrected chi connectivity index (χ3v) is 11.1. The van der Waals surface area contributed by atoms with Gasteiger partial charge in [-0.3, -0.25) is 0 Å². The topological polar surface area (TPSA) is 66.9 Å². The summed E-state index contributed by atoms with van der Waals surface area (Å²) in [5, 5.41) is 0.532. The number of hydrogen-bond acceptors (Lipinski definition) is 6. The molecule has 1 unspecified atom stereocenters. The minimum Gasteiger partial charge on any atom is -0.493 e. The number of ether oxygens (including phenoxy) is 4. The molecule has 270 valence electrons. The average molecular weight is 716 g/mol. The van der Waals surface area contributed by atoms with Crippen molar-refractivity contribution in [1.82, 2.24) is 4.98 Å². The molecule has 0 amide bonds. The third-order valence-electron chi connectivity index (χ3n) is 9.71. The number of aromatic nitrogens is 1. The van der Waals surface area contributed by atoms with E-state index >= 15 is 0 Å². The Bertz CT molecular complexity index is 2080. The molecule has 0 radical (unpaired) electrons. The molecular weight excluding hydrogens is 667 g/mol. The zero-order chi connectivity index (χ0) is 36.0. The maximum Gasteiger partial charge on any atom is 0.132 e. The number of hydrogen-bond donors (Lipinski definition) is 0. The molecule has 5 aromatic rings. The molecule has 6 nitrogen and oxygen atoms in total. The maximum absolute atomic E-state index is 14.7. The first-order valence-corrected chi connectivity index (χ1v) is 20.1. The highest BCUT2D eigenvalue weighted by Crippen LogP contribution is 2.51. The zero-order valence-corrected chi connectivity index (χ0v) is 31.7. The van der Waals surface area contributed by atoms with Crippen molar-refractivity contribution in [3.05, 3.63) is 124 Å². The number of fused-ring (bicyclic) bond motifs is 7. The van der Waals surface area contributed by atoms with Gasteiger partial charge in [-0.1, -0.05) is 82.3 Å². The van der Waals surface area contributed by atoms with Gasteiger partial charge < -0.3 is 18.9 Å². The van der Waals surface area contributed by atoms with E-state index in [2.05, 4.69) is 87.3 Å². The zero-order valence-electron chi connectivity index (χ0n) is 30.9. The Morgan fingerprint density at radius 3 is 1.56 bits per heavy atom. The van der Waals surface area contributed by atoms with E-state index in [1.165, 1.54) is 0 Å². The summed E-state index contributed by atoms with van der Waals surface area (Å²) in [6, 6.07) is 25.1. The van der Waals surface area contributed by atoms with Crippen LogP contribution < -0.4 is 18.9 Å². The first kappa shape index (κ1) is 35.8. The molecular formula is C45H49NO5S. The third kappa shape index (κ3) is 7.08. The number of para-hydroxylation sites is 2. The number of rotatable bonds is 14. The molecule has 1 heterocycles. The normalized spacial score (nSPS) is 13.3. The van der Waals surface area contributed by atoms with Crippen molar-refractivity contribution in [2.24, 2.45) is 0 Å². The van der Waals surface area contributed by atoms with E-state index in [1.807, 2.05) is 18.2 Å². The number of pyridine rings is 1. The first-order valence-electron chi connectivity index (χ1n) is 18.9. The van der Waals surface area contributed by atoms with Crippen LogP contribution in [0.3, 0.4) is 0 Å². The molecule has 0 spiro atoms. The van der Waals surface area contributed by atoms with Crippen molar-refractivity contribution in [2.45, 2.75) is 89.0 Å². The number of nitrogens with zero attached hydrogens (tertiary/aromatic N) is 1. The van der Waals surface area contributed by atoms with Crippen molar-refractivity contribution in [3.63, 3.8) is 0 Å².